The Bertz CT molecular complexity index is 404. The molecule has 0 aliphatic carbocycles. The maximum Gasteiger partial charge on any atom is 0.251 e. The van der Waals surface area contributed by atoms with E-state index in [1.54, 1.807) is 12.1 Å². The SMILES string of the molecule is CC(NC(=O)c1ccccc1)C(C)(C)C#N. The molecule has 0 heterocycles. The van der Waals surface area contributed by atoms with Crippen molar-refractivity contribution in [2.45, 2.75) is 26.8 Å². The first-order chi connectivity index (χ1) is 7.47. The van der Waals surface area contributed by atoms with Crippen LogP contribution in [-0.4, -0.2) is 11.9 Å². The summed E-state index contributed by atoms with van der Waals surface area (Å²) >= 11 is 0. The second-order valence-electron chi connectivity index (χ2n) is 4.39. The van der Waals surface area contributed by atoms with E-state index in [4.69, 9.17) is 5.26 Å². The molecule has 0 aromatic heterocycles. The Labute approximate surface area is 96.1 Å². The highest BCUT2D eigenvalue weighted by Crippen LogP contribution is 2.18. The summed E-state index contributed by atoms with van der Waals surface area (Å²) in [6.45, 7) is 5.45. The Balaban J connectivity index is 2.71. The minimum Gasteiger partial charge on any atom is -0.348 e. The van der Waals surface area contributed by atoms with Gasteiger partial charge in [0, 0.05) is 11.6 Å². The van der Waals surface area contributed by atoms with Gasteiger partial charge in [-0.1, -0.05) is 18.2 Å². The zero-order valence-corrected chi connectivity index (χ0v) is 9.82. The van der Waals surface area contributed by atoms with Crippen LogP contribution in [0, 0.1) is 16.7 Å². The smallest absolute Gasteiger partial charge is 0.251 e. The summed E-state index contributed by atoms with van der Waals surface area (Å²) in [4.78, 5) is 11.8. The van der Waals surface area contributed by atoms with Crippen LogP contribution < -0.4 is 5.32 Å². The predicted octanol–water partition coefficient (Wildman–Crippen LogP) is 2.35. The zero-order valence-electron chi connectivity index (χ0n) is 9.82. The first-order valence-electron chi connectivity index (χ1n) is 5.24. The summed E-state index contributed by atoms with van der Waals surface area (Å²) in [6, 6.07) is 11.0. The van der Waals surface area contributed by atoms with Gasteiger partial charge in [-0.2, -0.15) is 5.26 Å². The van der Waals surface area contributed by atoms with Crippen molar-refractivity contribution in [1.82, 2.24) is 5.32 Å². The molecule has 1 unspecified atom stereocenters. The highest BCUT2D eigenvalue weighted by Gasteiger charge is 2.26. The van der Waals surface area contributed by atoms with Crippen molar-refractivity contribution >= 4 is 5.91 Å². The number of nitrogens with zero attached hydrogens (tertiary/aromatic N) is 1. The molecule has 1 aromatic carbocycles. The molecule has 1 atom stereocenters. The number of carbonyl (C=O) groups is 1. The van der Waals surface area contributed by atoms with E-state index in [0.717, 1.165) is 0 Å². The Morgan fingerprint density at radius 2 is 1.94 bits per heavy atom. The molecule has 0 saturated carbocycles. The molecule has 1 amide bonds. The summed E-state index contributed by atoms with van der Waals surface area (Å²) in [7, 11) is 0. The van der Waals surface area contributed by atoms with E-state index < -0.39 is 5.41 Å². The molecule has 1 N–H and O–H groups in total. The van der Waals surface area contributed by atoms with E-state index in [9.17, 15) is 4.79 Å². The molecule has 0 fully saturated rings. The van der Waals surface area contributed by atoms with Gasteiger partial charge in [0.25, 0.3) is 5.91 Å². The van der Waals surface area contributed by atoms with Gasteiger partial charge in [-0.05, 0) is 32.9 Å². The molecule has 0 aliphatic heterocycles. The number of nitrogens with one attached hydrogen (secondary N) is 1. The van der Waals surface area contributed by atoms with Gasteiger partial charge in [-0.15, -0.1) is 0 Å². The van der Waals surface area contributed by atoms with Crippen LogP contribution in [0.2, 0.25) is 0 Å². The maximum atomic E-state index is 11.8. The molecular weight excluding hydrogens is 200 g/mol. The van der Waals surface area contributed by atoms with Gasteiger partial charge in [0.1, 0.15) is 0 Å². The highest BCUT2D eigenvalue weighted by molar-refractivity contribution is 5.94. The molecular formula is C13H16N2O. The fourth-order valence-corrected chi connectivity index (χ4v) is 1.15. The zero-order chi connectivity index (χ0) is 12.2. The molecule has 3 nitrogen and oxygen atoms in total. The van der Waals surface area contributed by atoms with Crippen molar-refractivity contribution in [3.63, 3.8) is 0 Å². The molecule has 0 aliphatic rings. The highest BCUT2D eigenvalue weighted by atomic mass is 16.1. The fraction of sp³-hybridized carbons (Fsp3) is 0.385. The van der Waals surface area contributed by atoms with E-state index in [1.165, 1.54) is 0 Å². The van der Waals surface area contributed by atoms with Gasteiger partial charge in [0.05, 0.1) is 11.5 Å². The summed E-state index contributed by atoms with van der Waals surface area (Å²) < 4.78 is 0. The maximum absolute atomic E-state index is 11.8. The van der Waals surface area contributed by atoms with Crippen LogP contribution in [-0.2, 0) is 0 Å². The predicted molar refractivity (Wildman–Crippen MR) is 62.8 cm³/mol. The normalized spacial score (nSPS) is 12.6. The number of amides is 1. The number of rotatable bonds is 3. The molecule has 84 valence electrons. The van der Waals surface area contributed by atoms with Gasteiger partial charge < -0.3 is 5.32 Å². The second kappa shape index (κ2) is 4.80. The lowest BCUT2D eigenvalue weighted by molar-refractivity contribution is 0.0920. The first-order valence-corrected chi connectivity index (χ1v) is 5.24. The Hall–Kier alpha value is -1.82. The molecule has 0 saturated heterocycles. The standard InChI is InChI=1S/C13H16N2O/c1-10(13(2,3)9-14)15-12(16)11-7-5-4-6-8-11/h4-8,10H,1-3H3,(H,15,16). The molecule has 1 aromatic rings. The van der Waals surface area contributed by atoms with Gasteiger partial charge in [-0.3, -0.25) is 4.79 Å². The van der Waals surface area contributed by atoms with Crippen LogP contribution in [0.25, 0.3) is 0 Å². The van der Waals surface area contributed by atoms with Crippen LogP contribution in [0.1, 0.15) is 31.1 Å². The summed E-state index contributed by atoms with van der Waals surface area (Å²) in [6.07, 6.45) is 0. The van der Waals surface area contributed by atoms with Crippen LogP contribution >= 0.6 is 0 Å². The molecule has 1 rings (SSSR count). The number of hydrogen-bond acceptors (Lipinski definition) is 2. The van der Waals surface area contributed by atoms with Crippen LogP contribution in [0.15, 0.2) is 30.3 Å². The monoisotopic (exact) mass is 216 g/mol. The minimum atomic E-state index is -0.565. The van der Waals surface area contributed by atoms with Crippen molar-refractivity contribution in [2.75, 3.05) is 0 Å². The summed E-state index contributed by atoms with van der Waals surface area (Å²) in [5, 5.41) is 11.8. The molecule has 16 heavy (non-hydrogen) atoms. The molecule has 3 heteroatoms. The van der Waals surface area contributed by atoms with E-state index in [2.05, 4.69) is 11.4 Å². The lowest BCUT2D eigenvalue weighted by atomic mass is 9.87. The summed E-state index contributed by atoms with van der Waals surface area (Å²) in [5.74, 6) is -0.142. The quantitative estimate of drug-likeness (QED) is 0.843. The molecule has 0 radical (unpaired) electrons. The third-order valence-electron chi connectivity index (χ3n) is 2.75. The Morgan fingerprint density at radius 1 is 1.38 bits per heavy atom. The van der Waals surface area contributed by atoms with Crippen molar-refractivity contribution in [2.24, 2.45) is 5.41 Å². The number of nitriles is 1. The van der Waals surface area contributed by atoms with Crippen molar-refractivity contribution in [1.29, 1.82) is 5.26 Å². The van der Waals surface area contributed by atoms with Gasteiger partial charge in [-0.25, -0.2) is 0 Å². The fourth-order valence-electron chi connectivity index (χ4n) is 1.15. The third kappa shape index (κ3) is 2.83. The first kappa shape index (κ1) is 12.3. The average molecular weight is 216 g/mol. The van der Waals surface area contributed by atoms with Crippen molar-refractivity contribution in [3.8, 4) is 6.07 Å². The van der Waals surface area contributed by atoms with Gasteiger partial charge in [0.15, 0.2) is 0 Å². The number of carbonyl (C=O) groups excluding carboxylic acids is 1. The Morgan fingerprint density at radius 3 is 2.44 bits per heavy atom. The van der Waals surface area contributed by atoms with E-state index >= 15 is 0 Å². The minimum absolute atomic E-state index is 0.142. The Kier molecular flexibility index (Phi) is 3.68. The van der Waals surface area contributed by atoms with E-state index in [1.807, 2.05) is 39.0 Å². The number of hydrogen-bond donors (Lipinski definition) is 1. The summed E-state index contributed by atoms with van der Waals surface area (Å²) in [5.41, 5.74) is 0.0489. The van der Waals surface area contributed by atoms with E-state index in [0.29, 0.717) is 5.56 Å². The molecule has 0 bridgehead atoms. The van der Waals surface area contributed by atoms with Crippen LogP contribution in [0.5, 0.6) is 0 Å². The number of benzene rings is 1. The van der Waals surface area contributed by atoms with Gasteiger partial charge >= 0.3 is 0 Å². The largest absolute Gasteiger partial charge is 0.348 e. The molecule has 0 spiro atoms. The lowest BCUT2D eigenvalue weighted by Gasteiger charge is -2.25. The van der Waals surface area contributed by atoms with Crippen LogP contribution in [0.3, 0.4) is 0 Å². The lowest BCUT2D eigenvalue weighted by Crippen LogP contribution is -2.42. The van der Waals surface area contributed by atoms with E-state index in [-0.39, 0.29) is 11.9 Å². The van der Waals surface area contributed by atoms with Crippen molar-refractivity contribution in [3.05, 3.63) is 35.9 Å². The average Bonchev–Trinajstić information content (AvgIpc) is 2.30. The van der Waals surface area contributed by atoms with Crippen LogP contribution in [0.4, 0.5) is 0 Å². The second-order valence-corrected chi connectivity index (χ2v) is 4.39. The van der Waals surface area contributed by atoms with Crippen molar-refractivity contribution < 1.29 is 4.79 Å². The third-order valence-corrected chi connectivity index (χ3v) is 2.75. The topological polar surface area (TPSA) is 52.9 Å². The van der Waals surface area contributed by atoms with Gasteiger partial charge in [0.2, 0.25) is 0 Å².